The number of halogens is 1. The van der Waals surface area contributed by atoms with Gasteiger partial charge in [0.2, 0.25) is 10.0 Å². The predicted octanol–water partition coefficient (Wildman–Crippen LogP) is 2.53. The molecule has 0 saturated carbocycles. The first-order chi connectivity index (χ1) is 11.4. The van der Waals surface area contributed by atoms with Gasteiger partial charge in [-0.25, -0.2) is 17.1 Å². The third kappa shape index (κ3) is 3.96. The zero-order valence-corrected chi connectivity index (χ0v) is 13.7. The Balaban J connectivity index is 2.21. The van der Waals surface area contributed by atoms with Crippen molar-refractivity contribution < 1.29 is 12.8 Å². The SMILES string of the molecule is CN(Cc1ccc(C#N)cc1F)S(=O)(=O)Cc1ccccc1C#N. The normalized spacial score (nSPS) is 11.0. The fraction of sp³-hybridized carbons (Fsp3) is 0.176. The molecule has 0 bridgehead atoms. The van der Waals surface area contributed by atoms with Gasteiger partial charge in [0.1, 0.15) is 5.82 Å². The Morgan fingerprint density at radius 1 is 1.08 bits per heavy atom. The molecule has 0 amide bonds. The van der Waals surface area contributed by atoms with Gasteiger partial charge < -0.3 is 0 Å². The maximum absolute atomic E-state index is 13.9. The number of benzene rings is 2. The highest BCUT2D eigenvalue weighted by Gasteiger charge is 2.21. The van der Waals surface area contributed by atoms with Crippen LogP contribution in [0.1, 0.15) is 22.3 Å². The molecule has 24 heavy (non-hydrogen) atoms. The van der Waals surface area contributed by atoms with Crippen molar-refractivity contribution in [2.45, 2.75) is 12.3 Å². The van der Waals surface area contributed by atoms with E-state index in [2.05, 4.69) is 0 Å². The van der Waals surface area contributed by atoms with E-state index in [-0.39, 0.29) is 23.4 Å². The molecule has 0 unspecified atom stereocenters. The molecule has 5 nitrogen and oxygen atoms in total. The summed E-state index contributed by atoms with van der Waals surface area (Å²) in [6, 6.07) is 14.1. The van der Waals surface area contributed by atoms with Crippen molar-refractivity contribution in [2.75, 3.05) is 7.05 Å². The van der Waals surface area contributed by atoms with E-state index in [4.69, 9.17) is 10.5 Å². The van der Waals surface area contributed by atoms with Gasteiger partial charge in [0.15, 0.2) is 0 Å². The van der Waals surface area contributed by atoms with E-state index in [0.717, 1.165) is 10.4 Å². The van der Waals surface area contributed by atoms with Crippen molar-refractivity contribution >= 4 is 10.0 Å². The molecule has 2 aromatic carbocycles. The highest BCUT2D eigenvalue weighted by atomic mass is 32.2. The summed E-state index contributed by atoms with van der Waals surface area (Å²) in [7, 11) is -2.38. The van der Waals surface area contributed by atoms with Gasteiger partial charge in [-0.1, -0.05) is 24.3 Å². The molecule has 0 saturated heterocycles. The highest BCUT2D eigenvalue weighted by molar-refractivity contribution is 7.88. The number of sulfonamides is 1. The summed E-state index contributed by atoms with van der Waals surface area (Å²) in [6.07, 6.45) is 0. The fourth-order valence-electron chi connectivity index (χ4n) is 2.15. The van der Waals surface area contributed by atoms with Crippen LogP contribution in [0.2, 0.25) is 0 Å². The highest BCUT2D eigenvalue weighted by Crippen LogP contribution is 2.18. The van der Waals surface area contributed by atoms with Gasteiger partial charge in [0.25, 0.3) is 0 Å². The van der Waals surface area contributed by atoms with Crippen molar-refractivity contribution in [3.8, 4) is 12.1 Å². The van der Waals surface area contributed by atoms with Crippen LogP contribution in [0, 0.1) is 28.5 Å². The van der Waals surface area contributed by atoms with Gasteiger partial charge >= 0.3 is 0 Å². The Bertz CT molecular complexity index is 943. The molecule has 122 valence electrons. The first-order valence-electron chi connectivity index (χ1n) is 6.98. The van der Waals surface area contributed by atoms with Crippen LogP contribution >= 0.6 is 0 Å². The van der Waals surface area contributed by atoms with Gasteiger partial charge in [0.05, 0.1) is 29.0 Å². The third-order valence-corrected chi connectivity index (χ3v) is 5.28. The topological polar surface area (TPSA) is 85.0 Å². The van der Waals surface area contributed by atoms with Crippen molar-refractivity contribution in [1.82, 2.24) is 4.31 Å². The predicted molar refractivity (Wildman–Crippen MR) is 86.4 cm³/mol. The Hall–Kier alpha value is -2.74. The molecule has 0 aliphatic rings. The Labute approximate surface area is 140 Å². The second-order valence-electron chi connectivity index (χ2n) is 5.20. The molecule has 2 aromatic rings. The minimum atomic E-state index is -3.73. The molecule has 0 aliphatic heterocycles. The van der Waals surface area contributed by atoms with Crippen LogP contribution in [0.5, 0.6) is 0 Å². The van der Waals surface area contributed by atoms with Crippen LogP contribution < -0.4 is 0 Å². The minimum Gasteiger partial charge on any atom is -0.212 e. The zero-order chi connectivity index (χ0) is 17.7. The van der Waals surface area contributed by atoms with Crippen LogP contribution in [0.15, 0.2) is 42.5 Å². The standard InChI is InChI=1S/C17H14FN3O2S/c1-21(11-15-7-6-13(9-19)8-17(15)18)24(22,23)12-16-5-3-2-4-14(16)10-20/h2-8H,11-12H2,1H3. The quantitative estimate of drug-likeness (QED) is 0.835. The molecule has 7 heteroatoms. The number of hydrogen-bond acceptors (Lipinski definition) is 4. The Morgan fingerprint density at radius 3 is 2.42 bits per heavy atom. The molecule has 0 aliphatic carbocycles. The first-order valence-corrected chi connectivity index (χ1v) is 8.59. The Morgan fingerprint density at radius 2 is 1.79 bits per heavy atom. The second-order valence-corrected chi connectivity index (χ2v) is 7.28. The van der Waals surface area contributed by atoms with Crippen LogP contribution in [-0.2, 0) is 22.3 Å². The lowest BCUT2D eigenvalue weighted by Crippen LogP contribution is -2.28. The summed E-state index contributed by atoms with van der Waals surface area (Å²) in [5.74, 6) is -0.973. The van der Waals surface area contributed by atoms with Crippen LogP contribution in [0.3, 0.4) is 0 Å². The molecule has 0 radical (unpaired) electrons. The lowest BCUT2D eigenvalue weighted by Gasteiger charge is -2.18. The number of nitrogens with zero attached hydrogens (tertiary/aromatic N) is 3. The lowest BCUT2D eigenvalue weighted by molar-refractivity contribution is 0.455. The van der Waals surface area contributed by atoms with Crippen molar-refractivity contribution in [3.63, 3.8) is 0 Å². The van der Waals surface area contributed by atoms with Crippen molar-refractivity contribution in [1.29, 1.82) is 10.5 Å². The van der Waals surface area contributed by atoms with Crippen LogP contribution in [-0.4, -0.2) is 19.8 Å². The molecule has 0 N–H and O–H groups in total. The zero-order valence-electron chi connectivity index (χ0n) is 12.9. The lowest BCUT2D eigenvalue weighted by atomic mass is 10.1. The summed E-state index contributed by atoms with van der Waals surface area (Å²) in [4.78, 5) is 0. The van der Waals surface area contributed by atoms with E-state index in [1.54, 1.807) is 24.3 Å². The van der Waals surface area contributed by atoms with E-state index in [0.29, 0.717) is 11.1 Å². The van der Waals surface area contributed by atoms with Gasteiger partial charge in [-0.05, 0) is 23.8 Å². The first kappa shape index (κ1) is 17.6. The fourth-order valence-corrected chi connectivity index (χ4v) is 3.35. The summed E-state index contributed by atoms with van der Waals surface area (Å²) in [5, 5.41) is 17.8. The van der Waals surface area contributed by atoms with Gasteiger partial charge in [-0.15, -0.1) is 0 Å². The van der Waals surface area contributed by atoms with E-state index in [9.17, 15) is 12.8 Å². The molecular formula is C17H14FN3O2S. The summed E-state index contributed by atoms with van der Waals surface area (Å²) >= 11 is 0. The molecule has 0 heterocycles. The van der Waals surface area contributed by atoms with E-state index < -0.39 is 15.8 Å². The van der Waals surface area contributed by atoms with Crippen molar-refractivity contribution in [2.24, 2.45) is 0 Å². The number of hydrogen-bond donors (Lipinski definition) is 0. The molecule has 0 fully saturated rings. The smallest absolute Gasteiger partial charge is 0.212 e. The Kier molecular flexibility index (Phi) is 5.30. The molecule has 2 rings (SSSR count). The van der Waals surface area contributed by atoms with Gasteiger partial charge in [-0.2, -0.15) is 10.5 Å². The van der Waals surface area contributed by atoms with E-state index >= 15 is 0 Å². The van der Waals surface area contributed by atoms with Crippen LogP contribution in [0.4, 0.5) is 4.39 Å². The maximum atomic E-state index is 13.9. The number of rotatable bonds is 5. The van der Waals surface area contributed by atoms with Crippen molar-refractivity contribution in [3.05, 3.63) is 70.5 Å². The third-order valence-electron chi connectivity index (χ3n) is 3.53. The monoisotopic (exact) mass is 343 g/mol. The maximum Gasteiger partial charge on any atom is 0.218 e. The largest absolute Gasteiger partial charge is 0.218 e. The number of nitriles is 2. The van der Waals surface area contributed by atoms with Gasteiger partial charge in [0, 0.05) is 19.2 Å². The average molecular weight is 343 g/mol. The van der Waals surface area contributed by atoms with E-state index in [1.165, 1.54) is 19.2 Å². The summed E-state index contributed by atoms with van der Waals surface area (Å²) in [6.45, 7) is -0.158. The second kappa shape index (κ2) is 7.22. The van der Waals surface area contributed by atoms with Crippen LogP contribution in [0.25, 0.3) is 0 Å². The molecule has 0 spiro atoms. The molecular weight excluding hydrogens is 329 g/mol. The average Bonchev–Trinajstić information content (AvgIpc) is 2.56. The summed E-state index contributed by atoms with van der Waals surface area (Å²) < 4.78 is 39.8. The molecule has 0 aromatic heterocycles. The minimum absolute atomic E-state index is 0.158. The van der Waals surface area contributed by atoms with E-state index in [1.807, 2.05) is 12.1 Å². The van der Waals surface area contributed by atoms with Gasteiger partial charge in [-0.3, -0.25) is 0 Å². The molecule has 0 atom stereocenters. The summed E-state index contributed by atoms with van der Waals surface area (Å²) in [5.41, 5.74) is 1.03.